The van der Waals surface area contributed by atoms with Crippen molar-refractivity contribution in [2.24, 2.45) is 0 Å². The Morgan fingerprint density at radius 2 is 1.95 bits per heavy atom. The molecule has 1 aliphatic rings. The maximum atomic E-state index is 12.5. The van der Waals surface area contributed by atoms with E-state index in [1.165, 1.54) is 0 Å². The highest BCUT2D eigenvalue weighted by atomic mass is 19.4. The van der Waals surface area contributed by atoms with Crippen molar-refractivity contribution in [2.75, 3.05) is 19.6 Å². The predicted octanol–water partition coefficient (Wildman–Crippen LogP) is 3.47. The van der Waals surface area contributed by atoms with Gasteiger partial charge in [-0.05, 0) is 58.5 Å². The number of unbranched alkanes of at least 4 members (excludes halogenated alkanes) is 1. The Labute approximate surface area is 125 Å². The molecular weight excluding hydrogens is 279 g/mol. The number of halogens is 3. The molecular formula is C15H26F3N3. The van der Waals surface area contributed by atoms with Gasteiger partial charge >= 0.3 is 6.18 Å². The van der Waals surface area contributed by atoms with Crippen molar-refractivity contribution in [1.29, 1.82) is 5.26 Å². The van der Waals surface area contributed by atoms with Gasteiger partial charge in [0.25, 0.3) is 0 Å². The van der Waals surface area contributed by atoms with Gasteiger partial charge < -0.3 is 0 Å². The molecule has 0 aliphatic heterocycles. The van der Waals surface area contributed by atoms with Gasteiger partial charge in [-0.3, -0.25) is 10.2 Å². The fraction of sp³-hybridized carbons (Fsp3) is 0.933. The molecule has 0 aromatic carbocycles. The first-order valence-electron chi connectivity index (χ1n) is 7.77. The number of nitrogens with zero attached hydrogens (tertiary/aromatic N) is 2. The maximum absolute atomic E-state index is 12.5. The van der Waals surface area contributed by atoms with Crippen LogP contribution in [0.5, 0.6) is 0 Å². The van der Waals surface area contributed by atoms with Crippen molar-refractivity contribution < 1.29 is 13.2 Å². The summed E-state index contributed by atoms with van der Waals surface area (Å²) in [4.78, 5) is 1.54. The standard InChI is InChI=1S/C15H26F3N3/c1-3-9-20-14(2,11-19)8-4-5-10-21(13-6-7-13)12-15(16,17)18/h13,20H,3-10,12H2,1-2H3. The monoisotopic (exact) mass is 305 g/mol. The third-order valence-corrected chi connectivity index (χ3v) is 3.83. The third kappa shape index (κ3) is 7.68. The normalized spacial score (nSPS) is 18.5. The molecule has 21 heavy (non-hydrogen) atoms. The second kappa shape index (κ2) is 8.00. The minimum Gasteiger partial charge on any atom is -0.300 e. The highest BCUT2D eigenvalue weighted by molar-refractivity contribution is 5.03. The molecule has 122 valence electrons. The lowest BCUT2D eigenvalue weighted by atomic mass is 9.96. The van der Waals surface area contributed by atoms with Crippen LogP contribution in [0.1, 0.15) is 52.4 Å². The lowest BCUT2D eigenvalue weighted by molar-refractivity contribution is -0.147. The van der Waals surface area contributed by atoms with E-state index in [-0.39, 0.29) is 6.04 Å². The zero-order valence-electron chi connectivity index (χ0n) is 13.0. The first-order chi connectivity index (χ1) is 9.79. The van der Waals surface area contributed by atoms with E-state index in [0.717, 1.165) is 32.2 Å². The van der Waals surface area contributed by atoms with Crippen LogP contribution in [0.15, 0.2) is 0 Å². The van der Waals surface area contributed by atoms with Gasteiger partial charge in [0.05, 0.1) is 12.6 Å². The molecule has 0 spiro atoms. The van der Waals surface area contributed by atoms with Crippen LogP contribution in [-0.4, -0.2) is 42.3 Å². The molecule has 1 atom stereocenters. The summed E-state index contributed by atoms with van der Waals surface area (Å²) in [6.07, 6.45) is 0.742. The minimum atomic E-state index is -4.12. The summed E-state index contributed by atoms with van der Waals surface area (Å²) in [6, 6.07) is 2.39. The van der Waals surface area contributed by atoms with E-state index in [1.807, 2.05) is 13.8 Å². The lowest BCUT2D eigenvalue weighted by Gasteiger charge is -2.25. The third-order valence-electron chi connectivity index (χ3n) is 3.83. The Balaban J connectivity index is 2.29. The van der Waals surface area contributed by atoms with Crippen molar-refractivity contribution in [3.05, 3.63) is 0 Å². The van der Waals surface area contributed by atoms with Crippen molar-refractivity contribution in [2.45, 2.75) is 70.1 Å². The van der Waals surface area contributed by atoms with Crippen molar-refractivity contribution in [1.82, 2.24) is 10.2 Å². The quantitative estimate of drug-likeness (QED) is 0.628. The van der Waals surface area contributed by atoms with Crippen LogP contribution in [0.25, 0.3) is 0 Å². The Morgan fingerprint density at radius 1 is 1.29 bits per heavy atom. The van der Waals surface area contributed by atoms with Crippen molar-refractivity contribution in [3.8, 4) is 6.07 Å². The number of nitrogens with one attached hydrogen (secondary N) is 1. The summed E-state index contributed by atoms with van der Waals surface area (Å²) in [5.41, 5.74) is -0.565. The Bertz CT molecular complexity index is 347. The van der Waals surface area contributed by atoms with E-state index in [2.05, 4.69) is 11.4 Å². The maximum Gasteiger partial charge on any atom is 0.401 e. The van der Waals surface area contributed by atoms with E-state index in [9.17, 15) is 18.4 Å². The second-order valence-electron chi connectivity index (χ2n) is 6.14. The molecule has 0 amide bonds. The first-order valence-corrected chi connectivity index (χ1v) is 7.77. The van der Waals surface area contributed by atoms with E-state index in [1.54, 1.807) is 4.90 Å². The number of nitriles is 1. The molecule has 1 rings (SSSR count). The van der Waals surface area contributed by atoms with Crippen LogP contribution in [-0.2, 0) is 0 Å². The van der Waals surface area contributed by atoms with Crippen LogP contribution in [0, 0.1) is 11.3 Å². The van der Waals surface area contributed by atoms with E-state index in [4.69, 9.17) is 0 Å². The second-order valence-corrected chi connectivity index (χ2v) is 6.14. The highest BCUT2D eigenvalue weighted by Crippen LogP contribution is 2.30. The molecule has 0 radical (unpaired) electrons. The predicted molar refractivity (Wildman–Crippen MR) is 76.8 cm³/mol. The zero-order chi connectivity index (χ0) is 15.9. The van der Waals surface area contributed by atoms with Gasteiger partial charge in [-0.2, -0.15) is 18.4 Å². The molecule has 1 aliphatic carbocycles. The van der Waals surface area contributed by atoms with Gasteiger partial charge in [0, 0.05) is 6.04 Å². The smallest absolute Gasteiger partial charge is 0.300 e. The van der Waals surface area contributed by atoms with E-state index >= 15 is 0 Å². The SMILES string of the molecule is CCCNC(C)(C#N)CCCCN(CC(F)(F)F)C1CC1. The van der Waals surface area contributed by atoms with Crippen LogP contribution < -0.4 is 5.32 Å². The summed E-state index contributed by atoms with van der Waals surface area (Å²) < 4.78 is 37.5. The van der Waals surface area contributed by atoms with Gasteiger partial charge in [-0.1, -0.05) is 6.92 Å². The average Bonchev–Trinajstić information content (AvgIpc) is 3.23. The Kier molecular flexibility index (Phi) is 6.95. The van der Waals surface area contributed by atoms with Gasteiger partial charge in [0.2, 0.25) is 0 Å². The van der Waals surface area contributed by atoms with Crippen LogP contribution >= 0.6 is 0 Å². The largest absolute Gasteiger partial charge is 0.401 e. The van der Waals surface area contributed by atoms with Crippen LogP contribution in [0.3, 0.4) is 0 Å². The van der Waals surface area contributed by atoms with Gasteiger partial charge in [0.15, 0.2) is 0 Å². The van der Waals surface area contributed by atoms with Crippen molar-refractivity contribution >= 4 is 0 Å². The Morgan fingerprint density at radius 3 is 2.43 bits per heavy atom. The average molecular weight is 305 g/mol. The van der Waals surface area contributed by atoms with E-state index in [0.29, 0.717) is 19.4 Å². The summed E-state index contributed by atoms with van der Waals surface area (Å²) in [5.74, 6) is 0. The summed E-state index contributed by atoms with van der Waals surface area (Å²) in [7, 11) is 0. The summed E-state index contributed by atoms with van der Waals surface area (Å²) >= 11 is 0. The number of hydrogen-bond acceptors (Lipinski definition) is 3. The molecule has 1 fully saturated rings. The Hall–Kier alpha value is -0.800. The topological polar surface area (TPSA) is 39.1 Å². The molecule has 0 bridgehead atoms. The highest BCUT2D eigenvalue weighted by Gasteiger charge is 2.37. The van der Waals surface area contributed by atoms with Gasteiger partial charge in [0.1, 0.15) is 5.54 Å². The molecule has 1 saturated carbocycles. The first kappa shape index (κ1) is 18.2. The molecule has 1 N–H and O–H groups in total. The minimum absolute atomic E-state index is 0.118. The molecule has 0 heterocycles. The molecule has 0 aromatic rings. The summed E-state index contributed by atoms with van der Waals surface area (Å²) in [5, 5.41) is 12.4. The number of alkyl halides is 3. The number of rotatable bonds is 10. The fourth-order valence-electron chi connectivity index (χ4n) is 2.44. The molecule has 6 heteroatoms. The van der Waals surface area contributed by atoms with Crippen LogP contribution in [0.2, 0.25) is 0 Å². The number of hydrogen-bond donors (Lipinski definition) is 1. The fourth-order valence-corrected chi connectivity index (χ4v) is 2.44. The summed E-state index contributed by atoms with van der Waals surface area (Å²) in [6.45, 7) is 4.35. The molecule has 1 unspecified atom stereocenters. The van der Waals surface area contributed by atoms with Crippen LogP contribution in [0.4, 0.5) is 13.2 Å². The molecule has 3 nitrogen and oxygen atoms in total. The van der Waals surface area contributed by atoms with Gasteiger partial charge in [-0.15, -0.1) is 0 Å². The lowest BCUT2D eigenvalue weighted by Crippen LogP contribution is -2.41. The molecule has 0 aromatic heterocycles. The zero-order valence-corrected chi connectivity index (χ0v) is 13.0. The van der Waals surface area contributed by atoms with E-state index < -0.39 is 18.3 Å². The van der Waals surface area contributed by atoms with Crippen molar-refractivity contribution in [3.63, 3.8) is 0 Å². The molecule has 0 saturated heterocycles. The van der Waals surface area contributed by atoms with Gasteiger partial charge in [-0.25, -0.2) is 0 Å².